The normalized spacial score (nSPS) is 28.4. The van der Waals surface area contributed by atoms with Crippen LogP contribution in [0.4, 0.5) is 0 Å². The van der Waals surface area contributed by atoms with Gasteiger partial charge < -0.3 is 9.88 Å². The van der Waals surface area contributed by atoms with Crippen molar-refractivity contribution in [3.8, 4) is 0 Å². The van der Waals surface area contributed by atoms with Crippen LogP contribution >= 0.6 is 15.9 Å². The summed E-state index contributed by atoms with van der Waals surface area (Å²) in [6.45, 7) is 3.23. The van der Waals surface area contributed by atoms with Gasteiger partial charge in [0.2, 0.25) is 0 Å². The Balaban J connectivity index is 1.63. The van der Waals surface area contributed by atoms with E-state index in [4.69, 9.17) is 4.98 Å². The zero-order valence-corrected chi connectivity index (χ0v) is 14.1. The van der Waals surface area contributed by atoms with E-state index >= 15 is 0 Å². The summed E-state index contributed by atoms with van der Waals surface area (Å²) in [5.41, 5.74) is 2.39. The van der Waals surface area contributed by atoms with Crippen LogP contribution in [0.25, 0.3) is 11.0 Å². The van der Waals surface area contributed by atoms with Gasteiger partial charge in [-0.25, -0.2) is 4.98 Å². The molecule has 0 radical (unpaired) electrons. The minimum absolute atomic E-state index is 0.766. The Morgan fingerprint density at radius 2 is 2.05 bits per heavy atom. The smallest absolute Gasteiger partial charge is 0.110 e. The maximum atomic E-state index is 4.92. The molecule has 0 aliphatic carbocycles. The molecule has 2 fully saturated rings. The van der Waals surface area contributed by atoms with Crippen molar-refractivity contribution >= 4 is 27.0 Å². The first kappa shape index (κ1) is 13.8. The largest absolute Gasteiger partial charge is 0.328 e. The van der Waals surface area contributed by atoms with E-state index in [-0.39, 0.29) is 0 Å². The molecule has 2 aromatic rings. The van der Waals surface area contributed by atoms with Crippen LogP contribution in [0.15, 0.2) is 22.7 Å². The van der Waals surface area contributed by atoms with Crippen LogP contribution in [0.3, 0.4) is 0 Å². The molecule has 2 unspecified atom stereocenters. The van der Waals surface area contributed by atoms with Crippen LogP contribution in [0.5, 0.6) is 0 Å². The number of fused-ring (bicyclic) bond motifs is 3. The number of piperidine rings is 1. The van der Waals surface area contributed by atoms with Gasteiger partial charge in [-0.3, -0.25) is 0 Å². The van der Waals surface area contributed by atoms with Crippen LogP contribution in [0, 0.1) is 5.92 Å². The zero-order chi connectivity index (χ0) is 14.4. The number of hydrogen-bond acceptors (Lipinski definition) is 2. The van der Waals surface area contributed by atoms with Crippen LogP contribution in [-0.4, -0.2) is 21.6 Å². The molecule has 3 nitrogen and oxygen atoms in total. The SMILES string of the molecule is CCn1c(CC2CC3CCC(C2)N3)nc2cc(Br)ccc21. The van der Waals surface area contributed by atoms with E-state index in [0.717, 1.165) is 41.0 Å². The quantitative estimate of drug-likeness (QED) is 0.912. The van der Waals surface area contributed by atoms with E-state index in [2.05, 4.69) is 50.9 Å². The van der Waals surface area contributed by atoms with E-state index in [0.29, 0.717) is 0 Å². The molecule has 112 valence electrons. The van der Waals surface area contributed by atoms with Crippen molar-refractivity contribution in [1.82, 2.24) is 14.9 Å². The Morgan fingerprint density at radius 1 is 1.29 bits per heavy atom. The highest BCUT2D eigenvalue weighted by Gasteiger charge is 2.33. The number of benzene rings is 1. The average molecular weight is 348 g/mol. The van der Waals surface area contributed by atoms with E-state index < -0.39 is 0 Å². The second kappa shape index (κ2) is 5.40. The monoisotopic (exact) mass is 347 g/mol. The first-order valence-electron chi connectivity index (χ1n) is 8.13. The van der Waals surface area contributed by atoms with Gasteiger partial charge in [0.05, 0.1) is 11.0 Å². The first-order chi connectivity index (χ1) is 10.2. The van der Waals surface area contributed by atoms with Gasteiger partial charge >= 0.3 is 0 Å². The Morgan fingerprint density at radius 3 is 2.76 bits per heavy atom. The molecule has 4 heteroatoms. The Hall–Kier alpha value is -0.870. The van der Waals surface area contributed by atoms with Gasteiger partial charge in [0.25, 0.3) is 0 Å². The standard InChI is InChI=1S/C17H22BrN3/c1-2-21-16-6-3-12(18)10-15(16)20-17(21)9-11-7-13-4-5-14(8-11)19-13/h3,6,10-11,13-14,19H,2,4-5,7-9H2,1H3. The summed E-state index contributed by atoms with van der Waals surface area (Å²) < 4.78 is 3.51. The highest BCUT2D eigenvalue weighted by molar-refractivity contribution is 9.10. The second-order valence-corrected chi connectivity index (χ2v) is 7.50. The third-order valence-electron chi connectivity index (χ3n) is 5.15. The lowest BCUT2D eigenvalue weighted by Crippen LogP contribution is -2.38. The minimum atomic E-state index is 0.766. The third kappa shape index (κ3) is 2.53. The van der Waals surface area contributed by atoms with Gasteiger partial charge in [0, 0.05) is 29.5 Å². The molecule has 21 heavy (non-hydrogen) atoms. The second-order valence-electron chi connectivity index (χ2n) is 6.58. The summed E-state index contributed by atoms with van der Waals surface area (Å²) in [4.78, 5) is 4.92. The molecule has 2 aliphatic rings. The van der Waals surface area contributed by atoms with Crippen LogP contribution in [-0.2, 0) is 13.0 Å². The highest BCUT2D eigenvalue weighted by atomic mass is 79.9. The number of aromatic nitrogens is 2. The Bertz CT molecular complexity index is 651. The fourth-order valence-electron chi connectivity index (χ4n) is 4.26. The molecule has 1 N–H and O–H groups in total. The molecule has 3 heterocycles. The molecular formula is C17H22BrN3. The van der Waals surface area contributed by atoms with Crippen LogP contribution in [0.1, 0.15) is 38.4 Å². The number of nitrogens with zero attached hydrogens (tertiary/aromatic N) is 2. The van der Waals surface area contributed by atoms with Crippen molar-refractivity contribution in [1.29, 1.82) is 0 Å². The van der Waals surface area contributed by atoms with Gasteiger partial charge in [-0.1, -0.05) is 15.9 Å². The maximum Gasteiger partial charge on any atom is 0.110 e. The van der Waals surface area contributed by atoms with Crippen LogP contribution < -0.4 is 5.32 Å². The summed E-state index contributed by atoms with van der Waals surface area (Å²) >= 11 is 3.55. The van der Waals surface area contributed by atoms with Gasteiger partial charge in [-0.15, -0.1) is 0 Å². The summed E-state index contributed by atoms with van der Waals surface area (Å²) in [6, 6.07) is 7.97. The molecule has 1 aromatic carbocycles. The summed E-state index contributed by atoms with van der Waals surface area (Å²) in [5.74, 6) is 2.08. The van der Waals surface area contributed by atoms with Gasteiger partial charge in [-0.05, 0) is 56.7 Å². The third-order valence-corrected chi connectivity index (χ3v) is 5.64. The molecule has 2 atom stereocenters. The number of halogens is 1. The fourth-order valence-corrected chi connectivity index (χ4v) is 4.61. The molecular weight excluding hydrogens is 326 g/mol. The lowest BCUT2D eigenvalue weighted by atomic mass is 9.89. The minimum Gasteiger partial charge on any atom is -0.328 e. The number of aryl methyl sites for hydroxylation is 1. The molecule has 0 saturated carbocycles. The first-order valence-corrected chi connectivity index (χ1v) is 8.93. The van der Waals surface area contributed by atoms with E-state index in [1.165, 1.54) is 37.0 Å². The van der Waals surface area contributed by atoms with E-state index in [1.807, 2.05) is 0 Å². The van der Waals surface area contributed by atoms with Crippen molar-refractivity contribution < 1.29 is 0 Å². The Kier molecular flexibility index (Phi) is 3.54. The number of imidazole rings is 1. The van der Waals surface area contributed by atoms with Gasteiger partial charge in [0.15, 0.2) is 0 Å². The van der Waals surface area contributed by atoms with Crippen molar-refractivity contribution in [2.75, 3.05) is 0 Å². The summed E-state index contributed by atoms with van der Waals surface area (Å²) in [7, 11) is 0. The molecule has 2 aliphatic heterocycles. The molecule has 2 bridgehead atoms. The lowest BCUT2D eigenvalue weighted by molar-refractivity contribution is 0.293. The molecule has 0 amide bonds. The molecule has 0 spiro atoms. The van der Waals surface area contributed by atoms with Crippen molar-refractivity contribution in [3.05, 3.63) is 28.5 Å². The van der Waals surface area contributed by atoms with Crippen LogP contribution in [0.2, 0.25) is 0 Å². The molecule has 2 saturated heterocycles. The van der Waals surface area contributed by atoms with E-state index in [9.17, 15) is 0 Å². The molecule has 1 aromatic heterocycles. The van der Waals surface area contributed by atoms with Crippen molar-refractivity contribution in [2.24, 2.45) is 5.92 Å². The predicted molar refractivity (Wildman–Crippen MR) is 89.5 cm³/mol. The number of nitrogens with one attached hydrogen (secondary N) is 1. The highest BCUT2D eigenvalue weighted by Crippen LogP contribution is 2.33. The summed E-state index contributed by atoms with van der Waals surface area (Å²) in [6.07, 6.45) is 6.53. The van der Waals surface area contributed by atoms with Gasteiger partial charge in [0.1, 0.15) is 5.82 Å². The predicted octanol–water partition coefficient (Wildman–Crippen LogP) is 3.89. The lowest BCUT2D eigenvalue weighted by Gasteiger charge is -2.29. The van der Waals surface area contributed by atoms with Crippen molar-refractivity contribution in [3.63, 3.8) is 0 Å². The fraction of sp³-hybridized carbons (Fsp3) is 0.588. The average Bonchev–Trinajstić information content (AvgIpc) is 2.97. The Labute approximate surface area is 134 Å². The number of hydrogen-bond donors (Lipinski definition) is 1. The van der Waals surface area contributed by atoms with Gasteiger partial charge in [-0.2, -0.15) is 0 Å². The number of rotatable bonds is 3. The topological polar surface area (TPSA) is 29.9 Å². The van der Waals surface area contributed by atoms with E-state index in [1.54, 1.807) is 0 Å². The zero-order valence-electron chi connectivity index (χ0n) is 12.5. The molecule has 4 rings (SSSR count). The maximum absolute atomic E-state index is 4.92. The van der Waals surface area contributed by atoms with Crippen molar-refractivity contribution in [2.45, 2.75) is 57.7 Å². The summed E-state index contributed by atoms with van der Waals surface area (Å²) in [5, 5.41) is 3.74.